The Labute approximate surface area is 126 Å². The van der Waals surface area contributed by atoms with Crippen LogP contribution in [0.25, 0.3) is 10.9 Å². The van der Waals surface area contributed by atoms with Gasteiger partial charge in [-0.15, -0.1) is 0 Å². The zero-order chi connectivity index (χ0) is 14.7. The van der Waals surface area contributed by atoms with Gasteiger partial charge in [0.1, 0.15) is 0 Å². The number of rotatable bonds is 4. The first-order valence-electron chi connectivity index (χ1n) is 7.96. The van der Waals surface area contributed by atoms with Crippen LogP contribution in [0.15, 0.2) is 30.5 Å². The van der Waals surface area contributed by atoms with Gasteiger partial charge in [0.15, 0.2) is 0 Å². The number of hydrogen-bond acceptors (Lipinski definition) is 4. The Bertz CT molecular complexity index is 585. The van der Waals surface area contributed by atoms with Gasteiger partial charge in [-0.25, -0.2) is 0 Å². The quantitative estimate of drug-likeness (QED) is 0.937. The maximum Gasteiger partial charge on any atom is 0.0950 e. The van der Waals surface area contributed by atoms with E-state index in [2.05, 4.69) is 46.5 Å². The third-order valence-corrected chi connectivity index (χ3v) is 4.64. The number of fused-ring (bicyclic) bond motifs is 1. The highest BCUT2D eigenvalue weighted by atomic mass is 15.2. The van der Waals surface area contributed by atoms with Gasteiger partial charge in [-0.3, -0.25) is 0 Å². The van der Waals surface area contributed by atoms with Crippen molar-refractivity contribution in [1.29, 1.82) is 0 Å². The molecule has 0 saturated heterocycles. The lowest BCUT2D eigenvalue weighted by molar-refractivity contribution is 0.341. The molecule has 1 aliphatic carbocycles. The molecular formula is C17H24N4. The van der Waals surface area contributed by atoms with Crippen LogP contribution in [0.1, 0.15) is 32.6 Å². The van der Waals surface area contributed by atoms with E-state index in [1.165, 1.54) is 36.8 Å². The summed E-state index contributed by atoms with van der Waals surface area (Å²) >= 11 is 0. The summed E-state index contributed by atoms with van der Waals surface area (Å²) in [6.45, 7) is 3.26. The van der Waals surface area contributed by atoms with Crippen molar-refractivity contribution in [2.75, 3.05) is 18.5 Å². The molecule has 1 aliphatic rings. The molecule has 3 rings (SSSR count). The largest absolute Gasteiger partial charge is 0.370 e. The lowest BCUT2D eigenvalue weighted by Gasteiger charge is -2.36. The van der Waals surface area contributed by atoms with E-state index in [0.717, 1.165) is 12.1 Å². The van der Waals surface area contributed by atoms with Gasteiger partial charge in [-0.1, -0.05) is 25.1 Å². The Morgan fingerprint density at radius 3 is 2.71 bits per heavy atom. The number of hydrogen-bond donors (Lipinski definition) is 1. The summed E-state index contributed by atoms with van der Waals surface area (Å²) in [5.74, 6) is 0. The predicted octanol–water partition coefficient (Wildman–Crippen LogP) is 2.99. The summed E-state index contributed by atoms with van der Waals surface area (Å²) in [7, 11) is 2.20. The standard InChI is InChI=1S/C17H24N4/c1-3-18-13-8-10-14(11-9-13)21(2)17-12-19-20-16-7-5-4-6-15(16)17/h4-7,12-14,18H,3,8-11H2,1-2H3. The maximum atomic E-state index is 4.22. The smallest absolute Gasteiger partial charge is 0.0950 e. The number of benzene rings is 1. The summed E-state index contributed by atoms with van der Waals surface area (Å²) in [5, 5.41) is 13.2. The SMILES string of the molecule is CCNC1CCC(N(C)c2cnnc3ccccc23)CC1. The molecule has 0 radical (unpaired) electrons. The monoisotopic (exact) mass is 284 g/mol. The number of aromatic nitrogens is 2. The maximum absolute atomic E-state index is 4.22. The average molecular weight is 284 g/mol. The van der Waals surface area contributed by atoms with Gasteiger partial charge in [0, 0.05) is 24.5 Å². The summed E-state index contributed by atoms with van der Waals surface area (Å²) < 4.78 is 0. The van der Waals surface area contributed by atoms with Crippen molar-refractivity contribution in [2.45, 2.75) is 44.7 Å². The molecule has 0 amide bonds. The average Bonchev–Trinajstić information content (AvgIpc) is 2.55. The van der Waals surface area contributed by atoms with E-state index in [-0.39, 0.29) is 0 Å². The lowest BCUT2D eigenvalue weighted by atomic mass is 9.90. The van der Waals surface area contributed by atoms with Gasteiger partial charge in [0.2, 0.25) is 0 Å². The Hall–Kier alpha value is -1.68. The Morgan fingerprint density at radius 2 is 1.95 bits per heavy atom. The van der Waals surface area contributed by atoms with Gasteiger partial charge >= 0.3 is 0 Å². The molecule has 1 fully saturated rings. The van der Waals surface area contributed by atoms with E-state index in [1.54, 1.807) is 0 Å². The molecule has 1 heterocycles. The molecule has 0 aliphatic heterocycles. The topological polar surface area (TPSA) is 41.0 Å². The molecule has 0 spiro atoms. The summed E-state index contributed by atoms with van der Waals surface area (Å²) in [6.07, 6.45) is 6.91. The molecule has 4 nitrogen and oxygen atoms in total. The van der Waals surface area contributed by atoms with E-state index < -0.39 is 0 Å². The fourth-order valence-corrected chi connectivity index (χ4v) is 3.43. The number of anilines is 1. The van der Waals surface area contributed by atoms with Crippen LogP contribution in [0.4, 0.5) is 5.69 Å². The minimum atomic E-state index is 0.604. The van der Waals surface area contributed by atoms with Crippen LogP contribution < -0.4 is 10.2 Å². The molecule has 0 atom stereocenters. The first-order valence-corrected chi connectivity index (χ1v) is 7.96. The van der Waals surface area contributed by atoms with Gasteiger partial charge in [-0.05, 0) is 38.3 Å². The van der Waals surface area contributed by atoms with Crippen molar-refractivity contribution in [2.24, 2.45) is 0 Å². The van der Waals surface area contributed by atoms with Gasteiger partial charge in [0.05, 0.1) is 17.4 Å². The Balaban J connectivity index is 1.77. The van der Waals surface area contributed by atoms with E-state index >= 15 is 0 Å². The number of nitrogens with zero attached hydrogens (tertiary/aromatic N) is 3. The Kier molecular flexibility index (Phi) is 4.34. The zero-order valence-corrected chi connectivity index (χ0v) is 12.9. The van der Waals surface area contributed by atoms with Crippen LogP contribution in [0.3, 0.4) is 0 Å². The van der Waals surface area contributed by atoms with Gasteiger partial charge in [-0.2, -0.15) is 10.2 Å². The van der Waals surface area contributed by atoms with Crippen molar-refractivity contribution < 1.29 is 0 Å². The molecule has 0 bridgehead atoms. The van der Waals surface area contributed by atoms with Crippen LogP contribution >= 0.6 is 0 Å². The van der Waals surface area contributed by atoms with E-state index in [4.69, 9.17) is 0 Å². The summed E-state index contributed by atoms with van der Waals surface area (Å²) in [5.41, 5.74) is 2.18. The lowest BCUT2D eigenvalue weighted by Crippen LogP contribution is -2.41. The molecule has 1 aromatic heterocycles. The molecule has 1 saturated carbocycles. The highest BCUT2D eigenvalue weighted by Crippen LogP contribution is 2.30. The fourth-order valence-electron chi connectivity index (χ4n) is 3.43. The van der Waals surface area contributed by atoms with Crippen LogP contribution in [-0.2, 0) is 0 Å². The second-order valence-electron chi connectivity index (χ2n) is 5.92. The van der Waals surface area contributed by atoms with Crippen molar-refractivity contribution >= 4 is 16.6 Å². The molecule has 4 heteroatoms. The van der Waals surface area contributed by atoms with Crippen LogP contribution in [0, 0.1) is 0 Å². The van der Waals surface area contributed by atoms with Crippen LogP contribution in [0.5, 0.6) is 0 Å². The van der Waals surface area contributed by atoms with Gasteiger partial charge in [0.25, 0.3) is 0 Å². The second-order valence-corrected chi connectivity index (χ2v) is 5.92. The molecule has 2 aromatic rings. The highest BCUT2D eigenvalue weighted by Gasteiger charge is 2.24. The third kappa shape index (κ3) is 3.00. The third-order valence-electron chi connectivity index (χ3n) is 4.64. The predicted molar refractivity (Wildman–Crippen MR) is 87.7 cm³/mol. The highest BCUT2D eigenvalue weighted by molar-refractivity contribution is 5.90. The summed E-state index contributed by atoms with van der Waals surface area (Å²) in [4.78, 5) is 2.40. The van der Waals surface area contributed by atoms with Crippen molar-refractivity contribution in [3.63, 3.8) is 0 Å². The minimum absolute atomic E-state index is 0.604. The van der Waals surface area contributed by atoms with E-state index in [0.29, 0.717) is 12.1 Å². The Morgan fingerprint density at radius 1 is 1.19 bits per heavy atom. The molecule has 0 unspecified atom stereocenters. The first-order chi connectivity index (χ1) is 10.3. The van der Waals surface area contributed by atoms with Crippen molar-refractivity contribution in [3.05, 3.63) is 30.5 Å². The van der Waals surface area contributed by atoms with Crippen LogP contribution in [0.2, 0.25) is 0 Å². The van der Waals surface area contributed by atoms with Crippen LogP contribution in [-0.4, -0.2) is 35.9 Å². The molecular weight excluding hydrogens is 260 g/mol. The summed E-state index contributed by atoms with van der Waals surface area (Å²) in [6, 6.07) is 9.56. The van der Waals surface area contributed by atoms with E-state index in [9.17, 15) is 0 Å². The molecule has 21 heavy (non-hydrogen) atoms. The van der Waals surface area contributed by atoms with Crippen molar-refractivity contribution in [3.8, 4) is 0 Å². The second kappa shape index (κ2) is 6.39. The fraction of sp³-hybridized carbons (Fsp3) is 0.529. The zero-order valence-electron chi connectivity index (χ0n) is 12.9. The normalized spacial score (nSPS) is 22.4. The van der Waals surface area contributed by atoms with Crippen molar-refractivity contribution in [1.82, 2.24) is 15.5 Å². The van der Waals surface area contributed by atoms with E-state index in [1.807, 2.05) is 18.3 Å². The molecule has 1 aromatic carbocycles. The van der Waals surface area contributed by atoms with Gasteiger partial charge < -0.3 is 10.2 Å². The number of nitrogens with one attached hydrogen (secondary N) is 1. The molecule has 112 valence electrons. The minimum Gasteiger partial charge on any atom is -0.370 e. The first kappa shape index (κ1) is 14.3. The molecule has 1 N–H and O–H groups in total.